The number of carbonyl (C=O) groups excluding carboxylic acids is 2. The van der Waals surface area contributed by atoms with Gasteiger partial charge in [0, 0.05) is 6.54 Å². The number of aromatic nitrogens is 1. The van der Waals surface area contributed by atoms with E-state index >= 15 is 0 Å². The minimum absolute atomic E-state index is 0.0146. The van der Waals surface area contributed by atoms with Crippen LogP contribution in [-0.2, 0) is 11.3 Å². The second-order valence-corrected chi connectivity index (χ2v) is 7.59. The number of amides is 1. The van der Waals surface area contributed by atoms with E-state index in [2.05, 4.69) is 15.3 Å². The summed E-state index contributed by atoms with van der Waals surface area (Å²) in [5.74, 6) is -0.281. The van der Waals surface area contributed by atoms with Crippen LogP contribution in [-0.4, -0.2) is 35.4 Å². The molecule has 0 aliphatic carbocycles. The molecule has 156 valence electrons. The third kappa shape index (κ3) is 6.02. The van der Waals surface area contributed by atoms with Crippen molar-refractivity contribution in [2.75, 3.05) is 6.54 Å². The molecule has 3 rings (SSSR count). The summed E-state index contributed by atoms with van der Waals surface area (Å²) < 4.78 is 6.17. The molecule has 0 fully saturated rings. The molecular formula is C21H23N5O3S. The summed E-state index contributed by atoms with van der Waals surface area (Å²) in [5, 5.41) is 3.00. The van der Waals surface area contributed by atoms with Crippen LogP contribution in [0.25, 0.3) is 10.2 Å². The molecule has 1 aromatic heterocycles. The third-order valence-corrected chi connectivity index (χ3v) is 5.32. The summed E-state index contributed by atoms with van der Waals surface area (Å²) in [5.41, 5.74) is 12.3. The number of para-hydroxylation sites is 1. The average Bonchev–Trinajstić information content (AvgIpc) is 3.19. The van der Waals surface area contributed by atoms with Crippen molar-refractivity contribution >= 4 is 39.4 Å². The van der Waals surface area contributed by atoms with Crippen LogP contribution >= 0.6 is 11.3 Å². The fourth-order valence-electron chi connectivity index (χ4n) is 2.81. The lowest BCUT2D eigenvalue weighted by molar-refractivity contribution is 0.0910. The molecule has 1 amide bonds. The Hall–Kier alpha value is -3.46. The van der Waals surface area contributed by atoms with E-state index in [0.717, 1.165) is 15.8 Å². The molecular weight excluding hydrogens is 402 g/mol. The fraction of sp³-hybridized carbons (Fsp3) is 0.238. The smallest absolute Gasteiger partial charge is 0.408 e. The number of nitrogens with two attached hydrogens (primary N) is 2. The average molecular weight is 426 g/mol. The van der Waals surface area contributed by atoms with Crippen molar-refractivity contribution in [1.29, 1.82) is 0 Å². The number of ketones is 1. The highest BCUT2D eigenvalue weighted by Crippen LogP contribution is 2.23. The first-order valence-corrected chi connectivity index (χ1v) is 10.3. The van der Waals surface area contributed by atoms with E-state index in [1.807, 2.05) is 54.6 Å². The van der Waals surface area contributed by atoms with Gasteiger partial charge in [0.15, 0.2) is 11.0 Å². The van der Waals surface area contributed by atoms with Crippen LogP contribution in [0, 0.1) is 0 Å². The van der Waals surface area contributed by atoms with Gasteiger partial charge in [-0.3, -0.25) is 9.79 Å². The number of benzene rings is 2. The van der Waals surface area contributed by atoms with Crippen LogP contribution in [0.4, 0.5) is 4.79 Å². The molecule has 0 aliphatic heterocycles. The first-order chi connectivity index (χ1) is 14.5. The summed E-state index contributed by atoms with van der Waals surface area (Å²) in [7, 11) is 0. The van der Waals surface area contributed by atoms with E-state index in [1.54, 1.807) is 0 Å². The maximum absolute atomic E-state index is 13.0. The van der Waals surface area contributed by atoms with E-state index in [9.17, 15) is 9.59 Å². The van der Waals surface area contributed by atoms with Gasteiger partial charge in [0.1, 0.15) is 6.61 Å². The number of carbonyl (C=O) groups is 2. The van der Waals surface area contributed by atoms with Gasteiger partial charge >= 0.3 is 6.09 Å². The number of nitrogens with zero attached hydrogens (tertiary/aromatic N) is 2. The Morgan fingerprint density at radius 1 is 1.10 bits per heavy atom. The zero-order chi connectivity index (χ0) is 21.3. The van der Waals surface area contributed by atoms with E-state index in [0.29, 0.717) is 24.4 Å². The standard InChI is InChI=1S/C21H23N5O3S/c22-20(23)24-12-6-10-16(26-21(28)29-13-14-7-2-1-3-8-14)18(27)19-25-15-9-4-5-11-17(15)30-19/h1-5,7-9,11,16H,6,10,12-13H2,(H,26,28)(H4,22,23,24)/t16-/m0/s1. The second kappa shape index (κ2) is 10.4. The molecule has 0 saturated heterocycles. The molecule has 1 atom stereocenters. The van der Waals surface area contributed by atoms with Gasteiger partial charge in [0.2, 0.25) is 5.78 Å². The number of Topliss-reactive ketones (excluding diaryl/α,β-unsaturated/α-hetero) is 1. The van der Waals surface area contributed by atoms with Crippen molar-refractivity contribution < 1.29 is 14.3 Å². The number of alkyl carbamates (subject to hydrolysis) is 1. The van der Waals surface area contributed by atoms with Gasteiger partial charge in [-0.05, 0) is 30.5 Å². The van der Waals surface area contributed by atoms with Crippen molar-refractivity contribution in [3.8, 4) is 0 Å². The fourth-order valence-corrected chi connectivity index (χ4v) is 3.77. The highest BCUT2D eigenvalue weighted by molar-refractivity contribution is 7.20. The number of hydrogen-bond donors (Lipinski definition) is 3. The highest BCUT2D eigenvalue weighted by atomic mass is 32.1. The number of nitrogens with one attached hydrogen (secondary N) is 1. The zero-order valence-corrected chi connectivity index (χ0v) is 17.1. The quantitative estimate of drug-likeness (QED) is 0.209. The summed E-state index contributed by atoms with van der Waals surface area (Å²) in [6, 6.07) is 16.0. The van der Waals surface area contributed by atoms with Crippen LogP contribution in [0.1, 0.15) is 28.2 Å². The minimum Gasteiger partial charge on any atom is -0.445 e. The molecule has 5 N–H and O–H groups in total. The summed E-state index contributed by atoms with van der Waals surface area (Å²) in [4.78, 5) is 33.7. The lowest BCUT2D eigenvalue weighted by Crippen LogP contribution is -2.41. The topological polar surface area (TPSA) is 133 Å². The number of aliphatic imine (C=N–C) groups is 1. The number of rotatable bonds is 9. The first-order valence-electron chi connectivity index (χ1n) is 9.45. The van der Waals surface area contributed by atoms with Gasteiger partial charge in [-0.2, -0.15) is 0 Å². The second-order valence-electron chi connectivity index (χ2n) is 6.56. The first kappa shape index (κ1) is 21.3. The molecule has 0 radical (unpaired) electrons. The maximum atomic E-state index is 13.0. The predicted octanol–water partition coefficient (Wildman–Crippen LogP) is 2.83. The normalized spacial score (nSPS) is 11.6. The van der Waals surface area contributed by atoms with Crippen LogP contribution in [0.15, 0.2) is 59.6 Å². The van der Waals surface area contributed by atoms with Gasteiger partial charge < -0.3 is 21.5 Å². The van der Waals surface area contributed by atoms with E-state index in [-0.39, 0.29) is 18.3 Å². The molecule has 3 aromatic rings. The molecule has 8 nitrogen and oxygen atoms in total. The number of fused-ring (bicyclic) bond motifs is 1. The number of ether oxygens (including phenoxy) is 1. The molecule has 0 spiro atoms. The molecule has 2 aromatic carbocycles. The Bertz CT molecular complexity index is 998. The SMILES string of the molecule is NC(N)=NCCC[C@H](NC(=O)OCc1ccccc1)C(=O)c1nc2ccccc2s1. The van der Waals surface area contributed by atoms with Crippen LogP contribution in [0.2, 0.25) is 0 Å². The summed E-state index contributed by atoms with van der Waals surface area (Å²) >= 11 is 1.29. The molecule has 0 aliphatic rings. The predicted molar refractivity (Wildman–Crippen MR) is 117 cm³/mol. The summed E-state index contributed by atoms with van der Waals surface area (Å²) in [6.07, 6.45) is 0.199. The molecule has 30 heavy (non-hydrogen) atoms. The largest absolute Gasteiger partial charge is 0.445 e. The molecule has 0 bridgehead atoms. The zero-order valence-electron chi connectivity index (χ0n) is 16.3. The molecule has 9 heteroatoms. The van der Waals surface area contributed by atoms with Crippen molar-refractivity contribution in [2.45, 2.75) is 25.5 Å². The Morgan fingerprint density at radius 3 is 2.57 bits per heavy atom. The Morgan fingerprint density at radius 2 is 1.83 bits per heavy atom. The molecule has 0 saturated carbocycles. The van der Waals surface area contributed by atoms with Gasteiger partial charge in [0.05, 0.1) is 16.3 Å². The number of thiazole rings is 1. The van der Waals surface area contributed by atoms with Crippen LogP contribution in [0.3, 0.4) is 0 Å². The summed E-state index contributed by atoms with van der Waals surface area (Å²) in [6.45, 7) is 0.468. The third-order valence-electron chi connectivity index (χ3n) is 4.27. The lowest BCUT2D eigenvalue weighted by atomic mass is 10.1. The van der Waals surface area contributed by atoms with E-state index in [4.69, 9.17) is 16.2 Å². The Labute approximate surface area is 178 Å². The van der Waals surface area contributed by atoms with Crippen molar-refractivity contribution in [3.63, 3.8) is 0 Å². The van der Waals surface area contributed by atoms with E-state index in [1.165, 1.54) is 11.3 Å². The van der Waals surface area contributed by atoms with Gasteiger partial charge in [0.25, 0.3) is 0 Å². The Balaban J connectivity index is 1.67. The van der Waals surface area contributed by atoms with Gasteiger partial charge in [-0.15, -0.1) is 11.3 Å². The van der Waals surface area contributed by atoms with Crippen LogP contribution < -0.4 is 16.8 Å². The number of hydrogen-bond acceptors (Lipinski definition) is 6. The van der Waals surface area contributed by atoms with E-state index < -0.39 is 12.1 Å². The number of guanidine groups is 1. The minimum atomic E-state index is -0.789. The maximum Gasteiger partial charge on any atom is 0.408 e. The Kier molecular flexibility index (Phi) is 7.34. The van der Waals surface area contributed by atoms with Crippen molar-refractivity contribution in [3.05, 3.63) is 65.2 Å². The molecule has 1 heterocycles. The van der Waals surface area contributed by atoms with Crippen molar-refractivity contribution in [2.24, 2.45) is 16.5 Å². The lowest BCUT2D eigenvalue weighted by Gasteiger charge is -2.16. The van der Waals surface area contributed by atoms with Crippen molar-refractivity contribution in [1.82, 2.24) is 10.3 Å². The van der Waals surface area contributed by atoms with Crippen LogP contribution in [0.5, 0.6) is 0 Å². The van der Waals surface area contributed by atoms with Gasteiger partial charge in [-0.25, -0.2) is 9.78 Å². The molecule has 0 unspecified atom stereocenters. The van der Waals surface area contributed by atoms with Gasteiger partial charge in [-0.1, -0.05) is 42.5 Å². The monoisotopic (exact) mass is 425 g/mol. The highest BCUT2D eigenvalue weighted by Gasteiger charge is 2.25.